The highest BCUT2D eigenvalue weighted by Gasteiger charge is 2.32. The number of ether oxygens (including phenoxy) is 1. The number of rotatable bonds is 2. The van der Waals surface area contributed by atoms with Crippen LogP contribution in [0.25, 0.3) is 0 Å². The number of benzene rings is 1. The highest BCUT2D eigenvalue weighted by Crippen LogP contribution is 2.35. The summed E-state index contributed by atoms with van der Waals surface area (Å²) in [6.45, 7) is 3.84. The van der Waals surface area contributed by atoms with Crippen LogP contribution in [0.1, 0.15) is 22.8 Å². The molecule has 0 saturated carbocycles. The predicted octanol–water partition coefficient (Wildman–Crippen LogP) is 2.84. The quantitative estimate of drug-likeness (QED) is 0.623. The van der Waals surface area contributed by atoms with Crippen molar-refractivity contribution in [2.45, 2.75) is 13.8 Å². The molecule has 0 aromatic heterocycles. The molecule has 1 unspecified atom stereocenters. The van der Waals surface area contributed by atoms with Crippen LogP contribution in [0.2, 0.25) is 0 Å². The van der Waals surface area contributed by atoms with Gasteiger partial charge in [0, 0.05) is 16.3 Å². The van der Waals surface area contributed by atoms with Gasteiger partial charge in [-0.3, -0.25) is 14.6 Å². The second kappa shape index (κ2) is 5.02. The van der Waals surface area contributed by atoms with Crippen LogP contribution >= 0.6 is 15.9 Å². The highest BCUT2D eigenvalue weighted by atomic mass is 79.9. The maximum absolute atomic E-state index is 12.2. The van der Waals surface area contributed by atoms with Gasteiger partial charge in [0.15, 0.2) is 11.7 Å². The number of hydrogen-bond acceptors (Lipinski definition) is 4. The Morgan fingerprint density at radius 1 is 1.50 bits per heavy atom. The average molecular weight is 310 g/mol. The van der Waals surface area contributed by atoms with Crippen molar-refractivity contribution in [1.29, 1.82) is 0 Å². The third-order valence-electron chi connectivity index (χ3n) is 2.65. The molecule has 1 aromatic rings. The van der Waals surface area contributed by atoms with E-state index in [4.69, 9.17) is 4.74 Å². The summed E-state index contributed by atoms with van der Waals surface area (Å²) in [6, 6.07) is 3.62. The number of esters is 1. The molecule has 1 aliphatic rings. The first-order chi connectivity index (χ1) is 8.54. The summed E-state index contributed by atoms with van der Waals surface area (Å²) in [7, 11) is 0. The Labute approximate surface area is 113 Å². The maximum atomic E-state index is 12.2. The van der Waals surface area contributed by atoms with Gasteiger partial charge in [0.25, 0.3) is 0 Å². The maximum Gasteiger partial charge on any atom is 0.322 e. The molecular weight excluding hydrogens is 298 g/mol. The number of halogens is 1. The Bertz CT molecular complexity index is 551. The number of aliphatic imine (C=N–C) groups is 1. The lowest BCUT2D eigenvalue weighted by molar-refractivity contribution is -0.143. The van der Waals surface area contributed by atoms with E-state index in [-0.39, 0.29) is 12.4 Å². The molecule has 94 valence electrons. The standard InChI is InChI=1S/C13H12BrNO3/c1-3-18-13(17)9-6-15-11-8(12(9)16)4-7(2)5-10(11)14/h4-6,9H,3H2,1-2H3. The van der Waals surface area contributed by atoms with Gasteiger partial charge in [0.05, 0.1) is 12.3 Å². The van der Waals surface area contributed by atoms with Gasteiger partial charge in [0.1, 0.15) is 0 Å². The van der Waals surface area contributed by atoms with E-state index in [1.54, 1.807) is 13.0 Å². The minimum Gasteiger partial charge on any atom is -0.465 e. The smallest absolute Gasteiger partial charge is 0.322 e. The van der Waals surface area contributed by atoms with Gasteiger partial charge in [-0.15, -0.1) is 0 Å². The summed E-state index contributed by atoms with van der Waals surface area (Å²) in [5, 5.41) is 0. The summed E-state index contributed by atoms with van der Waals surface area (Å²) in [5.41, 5.74) is 1.97. The van der Waals surface area contributed by atoms with E-state index in [1.165, 1.54) is 6.21 Å². The molecule has 4 nitrogen and oxygen atoms in total. The van der Waals surface area contributed by atoms with E-state index in [9.17, 15) is 9.59 Å². The largest absolute Gasteiger partial charge is 0.465 e. The number of aryl methyl sites for hydroxylation is 1. The van der Waals surface area contributed by atoms with Crippen molar-refractivity contribution >= 4 is 39.6 Å². The van der Waals surface area contributed by atoms with Gasteiger partial charge in [-0.05, 0) is 47.5 Å². The molecular formula is C13H12BrNO3. The van der Waals surface area contributed by atoms with Crippen molar-refractivity contribution in [2.24, 2.45) is 10.9 Å². The normalized spacial score (nSPS) is 17.5. The molecule has 0 amide bonds. The van der Waals surface area contributed by atoms with Crippen molar-refractivity contribution in [3.8, 4) is 0 Å². The molecule has 0 radical (unpaired) electrons. The first-order valence-electron chi connectivity index (χ1n) is 5.59. The van der Waals surface area contributed by atoms with E-state index in [1.807, 2.05) is 13.0 Å². The minimum absolute atomic E-state index is 0.251. The lowest BCUT2D eigenvalue weighted by atomic mass is 9.93. The van der Waals surface area contributed by atoms with Crippen LogP contribution in [0.15, 0.2) is 21.6 Å². The molecule has 18 heavy (non-hydrogen) atoms. The zero-order chi connectivity index (χ0) is 13.3. The SMILES string of the molecule is CCOC(=O)C1C=Nc2c(Br)cc(C)cc2C1=O. The minimum atomic E-state index is -0.925. The molecule has 5 heteroatoms. The van der Waals surface area contributed by atoms with Crippen LogP contribution in [-0.2, 0) is 9.53 Å². The van der Waals surface area contributed by atoms with Crippen LogP contribution in [-0.4, -0.2) is 24.6 Å². The van der Waals surface area contributed by atoms with Crippen molar-refractivity contribution in [1.82, 2.24) is 0 Å². The Kier molecular flexibility index (Phi) is 3.61. The van der Waals surface area contributed by atoms with Gasteiger partial charge < -0.3 is 4.74 Å². The van der Waals surface area contributed by atoms with Crippen molar-refractivity contribution < 1.29 is 14.3 Å². The third-order valence-corrected chi connectivity index (χ3v) is 3.25. The number of ketones is 1. The molecule has 0 bridgehead atoms. The summed E-state index contributed by atoms with van der Waals surface area (Å²) in [5.74, 6) is -1.73. The summed E-state index contributed by atoms with van der Waals surface area (Å²) in [4.78, 5) is 28.0. The first kappa shape index (κ1) is 13.0. The monoisotopic (exact) mass is 309 g/mol. The molecule has 1 aliphatic heterocycles. The molecule has 0 fully saturated rings. The number of hydrogen-bond donors (Lipinski definition) is 0. The number of nitrogens with zero attached hydrogens (tertiary/aromatic N) is 1. The van der Waals surface area contributed by atoms with E-state index in [2.05, 4.69) is 20.9 Å². The van der Waals surface area contributed by atoms with E-state index >= 15 is 0 Å². The fourth-order valence-electron chi connectivity index (χ4n) is 1.84. The summed E-state index contributed by atoms with van der Waals surface area (Å²) in [6.07, 6.45) is 1.35. The number of carbonyl (C=O) groups is 2. The molecule has 1 aromatic carbocycles. The fraction of sp³-hybridized carbons (Fsp3) is 0.308. The second-order valence-electron chi connectivity index (χ2n) is 4.02. The van der Waals surface area contributed by atoms with Crippen LogP contribution < -0.4 is 0 Å². The molecule has 1 atom stereocenters. The molecule has 0 aliphatic carbocycles. The first-order valence-corrected chi connectivity index (χ1v) is 6.39. The highest BCUT2D eigenvalue weighted by molar-refractivity contribution is 9.10. The molecule has 0 N–H and O–H groups in total. The van der Waals surface area contributed by atoms with Crippen LogP contribution in [0, 0.1) is 12.8 Å². The summed E-state index contributed by atoms with van der Waals surface area (Å²) >= 11 is 3.37. The molecule has 0 spiro atoms. The van der Waals surface area contributed by atoms with Crippen molar-refractivity contribution in [3.05, 3.63) is 27.7 Å². The Hall–Kier alpha value is -1.49. The van der Waals surface area contributed by atoms with Gasteiger partial charge in [-0.25, -0.2) is 0 Å². The molecule has 0 saturated heterocycles. The Morgan fingerprint density at radius 3 is 2.89 bits per heavy atom. The number of carbonyl (C=O) groups excluding carboxylic acids is 2. The number of fused-ring (bicyclic) bond motifs is 1. The van der Waals surface area contributed by atoms with Crippen LogP contribution in [0.4, 0.5) is 5.69 Å². The predicted molar refractivity (Wildman–Crippen MR) is 71.5 cm³/mol. The lowest BCUT2D eigenvalue weighted by Gasteiger charge is -2.17. The van der Waals surface area contributed by atoms with Gasteiger partial charge in [-0.2, -0.15) is 0 Å². The number of Topliss-reactive ketones (excluding diaryl/α,β-unsaturated/α-hetero) is 1. The van der Waals surface area contributed by atoms with Crippen LogP contribution in [0.3, 0.4) is 0 Å². The summed E-state index contributed by atoms with van der Waals surface area (Å²) < 4.78 is 5.62. The molecule has 1 heterocycles. The van der Waals surface area contributed by atoms with Crippen molar-refractivity contribution in [3.63, 3.8) is 0 Å². The van der Waals surface area contributed by atoms with Crippen molar-refractivity contribution in [2.75, 3.05) is 6.61 Å². The van der Waals surface area contributed by atoms with E-state index in [0.29, 0.717) is 11.3 Å². The average Bonchev–Trinajstić information content (AvgIpc) is 2.30. The zero-order valence-electron chi connectivity index (χ0n) is 10.1. The van der Waals surface area contributed by atoms with Gasteiger partial charge in [0.2, 0.25) is 0 Å². The second-order valence-corrected chi connectivity index (χ2v) is 4.87. The van der Waals surface area contributed by atoms with E-state index in [0.717, 1.165) is 10.0 Å². The van der Waals surface area contributed by atoms with Gasteiger partial charge in [-0.1, -0.05) is 0 Å². The fourth-order valence-corrected chi connectivity index (χ4v) is 2.51. The zero-order valence-corrected chi connectivity index (χ0v) is 11.7. The topological polar surface area (TPSA) is 55.7 Å². The Balaban J connectivity index is 2.43. The third kappa shape index (κ3) is 2.22. The Morgan fingerprint density at radius 2 is 2.22 bits per heavy atom. The lowest BCUT2D eigenvalue weighted by Crippen LogP contribution is -2.29. The molecule has 2 rings (SSSR count). The van der Waals surface area contributed by atoms with E-state index < -0.39 is 11.9 Å². The van der Waals surface area contributed by atoms with Gasteiger partial charge >= 0.3 is 5.97 Å². The van der Waals surface area contributed by atoms with Crippen LogP contribution in [0.5, 0.6) is 0 Å².